The van der Waals surface area contributed by atoms with Gasteiger partial charge in [0.15, 0.2) is 0 Å². The van der Waals surface area contributed by atoms with Crippen molar-refractivity contribution in [3.63, 3.8) is 0 Å². The quantitative estimate of drug-likeness (QED) is 0.510. The van der Waals surface area contributed by atoms with E-state index in [0.717, 1.165) is 18.8 Å². The average molecular weight is 345 g/mol. The summed E-state index contributed by atoms with van der Waals surface area (Å²) in [5.74, 6) is -1.16. The lowest BCUT2D eigenvalue weighted by atomic mass is 10.0. The Hall–Kier alpha value is -2.90. The molecule has 1 aliphatic heterocycles. The molecule has 0 radical (unpaired) electrons. The third-order valence-corrected chi connectivity index (χ3v) is 4.09. The van der Waals surface area contributed by atoms with E-state index in [1.54, 1.807) is 19.1 Å². The second-order valence-electron chi connectivity index (χ2n) is 5.69. The van der Waals surface area contributed by atoms with Gasteiger partial charge in [-0.05, 0) is 32.9 Å². The molecule has 0 aromatic heterocycles. The van der Waals surface area contributed by atoms with Crippen LogP contribution >= 0.6 is 0 Å². The number of carbonyl (C=O) groups is 2. The lowest BCUT2D eigenvalue weighted by molar-refractivity contribution is -0.127. The molecule has 0 fully saturated rings. The summed E-state index contributed by atoms with van der Waals surface area (Å²) < 4.78 is 0. The minimum atomic E-state index is -0.558. The van der Waals surface area contributed by atoms with Crippen molar-refractivity contribution in [2.45, 2.75) is 27.2 Å². The van der Waals surface area contributed by atoms with E-state index in [0.29, 0.717) is 11.3 Å². The predicted octanol–water partition coefficient (Wildman–Crippen LogP) is 1.20. The van der Waals surface area contributed by atoms with Crippen LogP contribution in [0, 0.1) is 5.92 Å². The Morgan fingerprint density at radius 3 is 2.72 bits per heavy atom. The number of nitrogens with zero attached hydrogens (tertiary/aromatic N) is 3. The van der Waals surface area contributed by atoms with Crippen LogP contribution < -0.4 is 15.8 Å². The molecule has 0 bridgehead atoms. The monoisotopic (exact) mass is 345 g/mol. The highest BCUT2D eigenvalue weighted by Crippen LogP contribution is 2.23. The van der Waals surface area contributed by atoms with Crippen molar-refractivity contribution in [2.24, 2.45) is 16.1 Å². The molecule has 0 saturated heterocycles. The lowest BCUT2D eigenvalue weighted by Crippen LogP contribution is -2.29. The molecule has 3 N–H and O–H groups in total. The Balaban J connectivity index is 1.94. The fraction of sp³-hybridized carbons (Fsp3) is 0.412. The Morgan fingerprint density at radius 2 is 2.16 bits per heavy atom. The first kappa shape index (κ1) is 18.4. The van der Waals surface area contributed by atoms with Crippen molar-refractivity contribution >= 4 is 29.4 Å². The van der Waals surface area contributed by atoms with Crippen LogP contribution in [0.5, 0.6) is 5.75 Å². The maximum Gasteiger partial charge on any atom is 0.249 e. The van der Waals surface area contributed by atoms with E-state index in [1.165, 1.54) is 6.21 Å². The van der Waals surface area contributed by atoms with E-state index in [9.17, 15) is 14.7 Å². The Kier molecular flexibility index (Phi) is 6.10. The molecule has 1 atom stereocenters. The molecule has 2 rings (SSSR count). The molecule has 0 aliphatic carbocycles. The van der Waals surface area contributed by atoms with Crippen molar-refractivity contribution in [1.82, 2.24) is 10.9 Å². The van der Waals surface area contributed by atoms with Gasteiger partial charge in [-0.3, -0.25) is 9.59 Å². The van der Waals surface area contributed by atoms with Gasteiger partial charge in [-0.15, -0.1) is 0 Å². The summed E-state index contributed by atoms with van der Waals surface area (Å²) in [7, 11) is 0. The van der Waals surface area contributed by atoms with Gasteiger partial charge in [-0.2, -0.15) is 10.2 Å². The fourth-order valence-electron chi connectivity index (χ4n) is 2.56. The number of phenols is 1. The Bertz CT molecular complexity index is 710. The lowest BCUT2D eigenvalue weighted by Gasteiger charge is -2.21. The molecule has 134 valence electrons. The molecule has 2 amide bonds. The predicted molar refractivity (Wildman–Crippen MR) is 96.8 cm³/mol. The number of rotatable bonds is 7. The van der Waals surface area contributed by atoms with Gasteiger partial charge in [0, 0.05) is 42.5 Å². The zero-order valence-electron chi connectivity index (χ0n) is 14.6. The topological polar surface area (TPSA) is 106 Å². The molecule has 0 spiro atoms. The van der Waals surface area contributed by atoms with Crippen LogP contribution in [0.4, 0.5) is 5.69 Å². The summed E-state index contributed by atoms with van der Waals surface area (Å²) in [6, 6.07) is 5.29. The maximum absolute atomic E-state index is 11.9. The zero-order valence-corrected chi connectivity index (χ0v) is 14.6. The van der Waals surface area contributed by atoms with Gasteiger partial charge in [-0.25, -0.2) is 10.9 Å². The van der Waals surface area contributed by atoms with Crippen LogP contribution in [-0.2, 0) is 9.59 Å². The SMILES string of the molecule is CCN(CC)c1ccc(/C=N\NC(=O)C[C@@H]2C(=O)NN=C2C)c(O)c1. The molecule has 0 saturated carbocycles. The van der Waals surface area contributed by atoms with Gasteiger partial charge >= 0.3 is 0 Å². The number of phenolic OH excluding ortho intramolecular Hbond substituents is 1. The highest BCUT2D eigenvalue weighted by atomic mass is 16.3. The number of hydrazone groups is 2. The van der Waals surface area contributed by atoms with Gasteiger partial charge in [0.1, 0.15) is 5.75 Å². The normalized spacial score (nSPS) is 16.7. The van der Waals surface area contributed by atoms with Crippen molar-refractivity contribution in [3.8, 4) is 5.75 Å². The number of carbonyl (C=O) groups excluding carboxylic acids is 2. The minimum absolute atomic E-state index is 0.0224. The van der Waals surface area contributed by atoms with Crippen LogP contribution in [0.25, 0.3) is 0 Å². The average Bonchev–Trinajstić information content (AvgIpc) is 2.90. The molecule has 0 unspecified atom stereocenters. The number of benzene rings is 1. The summed E-state index contributed by atoms with van der Waals surface area (Å²) in [6.45, 7) is 7.47. The summed E-state index contributed by atoms with van der Waals surface area (Å²) >= 11 is 0. The number of nitrogens with one attached hydrogen (secondary N) is 2. The van der Waals surface area contributed by atoms with E-state index < -0.39 is 11.8 Å². The van der Waals surface area contributed by atoms with Crippen LogP contribution in [0.15, 0.2) is 28.4 Å². The highest BCUT2D eigenvalue weighted by Gasteiger charge is 2.28. The summed E-state index contributed by atoms with van der Waals surface area (Å²) in [4.78, 5) is 25.5. The molecule has 1 heterocycles. The van der Waals surface area contributed by atoms with E-state index >= 15 is 0 Å². The molecule has 8 nitrogen and oxygen atoms in total. The molecule has 1 aliphatic rings. The Labute approximate surface area is 146 Å². The number of amides is 2. The molecule has 1 aromatic carbocycles. The van der Waals surface area contributed by atoms with Gasteiger partial charge < -0.3 is 10.0 Å². The third kappa shape index (κ3) is 4.56. The summed E-state index contributed by atoms with van der Waals surface area (Å²) in [5.41, 5.74) is 6.68. The van der Waals surface area contributed by atoms with Crippen LogP contribution in [0.3, 0.4) is 0 Å². The van der Waals surface area contributed by atoms with Gasteiger partial charge in [0.2, 0.25) is 11.8 Å². The molecule has 8 heteroatoms. The van der Waals surface area contributed by atoms with E-state index in [-0.39, 0.29) is 18.1 Å². The van der Waals surface area contributed by atoms with E-state index in [4.69, 9.17) is 0 Å². The first-order chi connectivity index (χ1) is 12.0. The number of anilines is 1. The van der Waals surface area contributed by atoms with Crippen LogP contribution in [0.2, 0.25) is 0 Å². The third-order valence-electron chi connectivity index (χ3n) is 4.09. The minimum Gasteiger partial charge on any atom is -0.507 e. The standard InChI is InChI=1S/C17H23N5O3/c1-4-22(5-2)13-7-6-12(15(23)8-13)10-18-20-16(24)9-14-11(3)19-21-17(14)25/h6-8,10,14,23H,4-5,9H2,1-3H3,(H,20,24)(H,21,25)/b18-10-/t14-/m0/s1. The van der Waals surface area contributed by atoms with Crippen molar-refractivity contribution in [2.75, 3.05) is 18.0 Å². The Morgan fingerprint density at radius 1 is 1.44 bits per heavy atom. The van der Waals surface area contributed by atoms with E-state index in [2.05, 4.69) is 26.0 Å². The molecule has 25 heavy (non-hydrogen) atoms. The second-order valence-corrected chi connectivity index (χ2v) is 5.69. The van der Waals surface area contributed by atoms with Gasteiger partial charge in [0.25, 0.3) is 0 Å². The fourth-order valence-corrected chi connectivity index (χ4v) is 2.56. The highest BCUT2D eigenvalue weighted by molar-refractivity contribution is 6.09. The van der Waals surface area contributed by atoms with Crippen molar-refractivity contribution in [3.05, 3.63) is 23.8 Å². The molecular weight excluding hydrogens is 322 g/mol. The first-order valence-electron chi connectivity index (χ1n) is 8.20. The number of hydrogen-bond acceptors (Lipinski definition) is 6. The molecule has 1 aromatic rings. The summed E-state index contributed by atoms with van der Waals surface area (Å²) in [6.07, 6.45) is 1.35. The molecular formula is C17H23N5O3. The van der Waals surface area contributed by atoms with Crippen LogP contribution in [-0.4, -0.2) is 41.9 Å². The zero-order chi connectivity index (χ0) is 18.4. The number of hydrogen-bond donors (Lipinski definition) is 3. The van der Waals surface area contributed by atoms with Gasteiger partial charge in [0.05, 0.1) is 12.1 Å². The smallest absolute Gasteiger partial charge is 0.249 e. The first-order valence-corrected chi connectivity index (χ1v) is 8.20. The van der Waals surface area contributed by atoms with Gasteiger partial charge in [-0.1, -0.05) is 0 Å². The largest absolute Gasteiger partial charge is 0.507 e. The van der Waals surface area contributed by atoms with Crippen molar-refractivity contribution in [1.29, 1.82) is 0 Å². The van der Waals surface area contributed by atoms with E-state index in [1.807, 2.05) is 19.9 Å². The summed E-state index contributed by atoms with van der Waals surface area (Å²) in [5, 5.41) is 17.7. The van der Waals surface area contributed by atoms with Crippen molar-refractivity contribution < 1.29 is 14.7 Å². The maximum atomic E-state index is 11.9. The second kappa shape index (κ2) is 8.27. The number of aromatic hydroxyl groups is 1. The van der Waals surface area contributed by atoms with Crippen LogP contribution in [0.1, 0.15) is 32.8 Å².